The van der Waals surface area contributed by atoms with E-state index in [2.05, 4.69) is 6.58 Å². The van der Waals surface area contributed by atoms with Gasteiger partial charge in [0.05, 0.1) is 0 Å². The highest BCUT2D eigenvalue weighted by atomic mass is 32.2. The molecule has 3 N–H and O–H groups in total. The average Bonchev–Trinajstić information content (AvgIpc) is 2.26. The van der Waals surface area contributed by atoms with Crippen LogP contribution in [0.3, 0.4) is 0 Å². The van der Waals surface area contributed by atoms with Gasteiger partial charge < -0.3 is 5.73 Å². The van der Waals surface area contributed by atoms with E-state index in [1.54, 1.807) is 6.08 Å². The molecule has 19 heavy (non-hydrogen) atoms. The highest BCUT2D eigenvalue weighted by Gasteiger charge is 2.26. The van der Waals surface area contributed by atoms with Crippen molar-refractivity contribution in [3.8, 4) is 0 Å². The third-order valence-corrected chi connectivity index (χ3v) is 2.76. The number of alkyl halides is 4. The summed E-state index contributed by atoms with van der Waals surface area (Å²) < 4.78 is 75.9. The number of unbranched alkanes of at least 4 members (excludes halogenated alkanes) is 2. The fourth-order valence-corrected chi connectivity index (χ4v) is 1.42. The lowest BCUT2D eigenvalue weighted by Crippen LogP contribution is -2.14. The van der Waals surface area contributed by atoms with Gasteiger partial charge in [-0.1, -0.05) is 12.5 Å². The molecule has 0 amide bonds. The fraction of sp³-hybridized carbons (Fsp3) is 0.800. The molecule has 0 saturated heterocycles. The Morgan fingerprint density at radius 2 is 1.74 bits per heavy atom. The number of rotatable bonds is 7. The normalized spacial score (nSPS) is 13.4. The molecule has 0 aliphatic carbocycles. The minimum absolute atomic E-state index is 0.00294. The topological polar surface area (TPSA) is 80.4 Å². The molecule has 1 unspecified atom stereocenters. The number of nitrogens with two attached hydrogens (primary N) is 1. The van der Waals surface area contributed by atoms with E-state index in [1.165, 1.54) is 0 Å². The second-order valence-corrected chi connectivity index (χ2v) is 5.21. The second kappa shape index (κ2) is 10.2. The van der Waals surface area contributed by atoms with E-state index in [4.69, 9.17) is 10.3 Å². The second-order valence-electron chi connectivity index (χ2n) is 3.66. The molecule has 0 rings (SSSR count). The molecule has 0 aromatic rings. The Labute approximate surface area is 110 Å². The molecule has 0 aromatic heterocycles. The van der Waals surface area contributed by atoms with E-state index < -0.39 is 34.6 Å². The summed E-state index contributed by atoms with van der Waals surface area (Å²) in [6.45, 7) is 3.94. The lowest BCUT2D eigenvalue weighted by molar-refractivity contribution is -0.135. The van der Waals surface area contributed by atoms with Crippen molar-refractivity contribution in [1.82, 2.24) is 0 Å². The molecule has 1 atom stereocenters. The Morgan fingerprint density at radius 3 is 2.05 bits per heavy atom. The van der Waals surface area contributed by atoms with Crippen LogP contribution in [-0.4, -0.2) is 31.2 Å². The highest BCUT2D eigenvalue weighted by molar-refractivity contribution is 7.86. The maximum atomic E-state index is 12.5. The average molecular weight is 309 g/mol. The lowest BCUT2D eigenvalue weighted by atomic mass is 10.1. The fourth-order valence-electron chi connectivity index (χ4n) is 0.956. The summed E-state index contributed by atoms with van der Waals surface area (Å²) in [5.74, 6) is 0. The van der Waals surface area contributed by atoms with E-state index in [0.717, 1.165) is 0 Å². The number of hydrogen-bond donors (Lipinski definition) is 2. The maximum absolute atomic E-state index is 12.5. The van der Waals surface area contributed by atoms with Gasteiger partial charge in [0, 0.05) is 13.0 Å². The monoisotopic (exact) mass is 309 g/mol. The molecule has 0 spiro atoms. The molecule has 0 bridgehead atoms. The molecular weight excluding hydrogens is 290 g/mol. The largest absolute Gasteiger partial charge is 0.389 e. The molecule has 0 aromatic carbocycles. The van der Waals surface area contributed by atoms with Crippen molar-refractivity contribution in [2.45, 2.75) is 43.8 Å². The molecule has 0 aliphatic rings. The van der Waals surface area contributed by atoms with E-state index in [1.807, 2.05) is 0 Å². The van der Waals surface area contributed by atoms with Crippen molar-refractivity contribution >= 4 is 10.1 Å². The lowest BCUT2D eigenvalue weighted by Gasteiger charge is -2.06. The first-order chi connectivity index (χ1) is 8.54. The molecule has 0 aliphatic heterocycles. The number of hydrogen-bond acceptors (Lipinski definition) is 3. The molecule has 0 saturated carbocycles. The van der Waals surface area contributed by atoms with Crippen LogP contribution < -0.4 is 5.73 Å². The predicted molar refractivity (Wildman–Crippen MR) is 64.8 cm³/mol. The van der Waals surface area contributed by atoms with Crippen molar-refractivity contribution in [2.75, 3.05) is 6.54 Å². The standard InChI is InChI=1S/C7H12F4O3S.C3H7N/c8-6(15(12,13)14)4-2-1-3-5-7(9,10)11;1-2-3-4/h6H,1-5H2,(H,12,13,14);2H,1,3-4H2. The van der Waals surface area contributed by atoms with Crippen LogP contribution >= 0.6 is 0 Å². The van der Waals surface area contributed by atoms with Crippen molar-refractivity contribution in [2.24, 2.45) is 5.73 Å². The smallest absolute Gasteiger partial charge is 0.327 e. The van der Waals surface area contributed by atoms with Gasteiger partial charge in [-0.25, -0.2) is 4.39 Å². The van der Waals surface area contributed by atoms with Crippen LogP contribution in [0.25, 0.3) is 0 Å². The van der Waals surface area contributed by atoms with Gasteiger partial charge in [-0.2, -0.15) is 21.6 Å². The third-order valence-electron chi connectivity index (χ3n) is 1.88. The Hall–Kier alpha value is -0.670. The molecule has 0 radical (unpaired) electrons. The van der Waals surface area contributed by atoms with Gasteiger partial charge in [0.25, 0.3) is 10.1 Å². The molecule has 0 fully saturated rings. The summed E-state index contributed by atoms with van der Waals surface area (Å²) in [6.07, 6.45) is -4.11. The minimum atomic E-state index is -4.71. The van der Waals surface area contributed by atoms with Crippen molar-refractivity contribution in [3.63, 3.8) is 0 Å². The van der Waals surface area contributed by atoms with Crippen LogP contribution in [0.1, 0.15) is 32.1 Å². The number of halogens is 4. The Balaban J connectivity index is 0. The zero-order valence-electron chi connectivity index (χ0n) is 10.4. The van der Waals surface area contributed by atoms with Gasteiger partial charge >= 0.3 is 6.18 Å². The van der Waals surface area contributed by atoms with Crippen molar-refractivity contribution in [3.05, 3.63) is 12.7 Å². The molecule has 9 heteroatoms. The summed E-state index contributed by atoms with van der Waals surface area (Å²) in [7, 11) is -4.71. The van der Waals surface area contributed by atoms with Gasteiger partial charge in [-0.3, -0.25) is 4.55 Å². The van der Waals surface area contributed by atoms with E-state index in [9.17, 15) is 26.0 Å². The molecular formula is C10H19F4NO3S. The Bertz CT molecular complexity index is 330. The van der Waals surface area contributed by atoms with E-state index >= 15 is 0 Å². The Morgan fingerprint density at radius 1 is 1.26 bits per heavy atom. The molecule has 4 nitrogen and oxygen atoms in total. The van der Waals surface area contributed by atoms with Gasteiger partial charge in [0.15, 0.2) is 0 Å². The minimum Gasteiger partial charge on any atom is -0.327 e. The van der Waals surface area contributed by atoms with Crippen LogP contribution in [-0.2, 0) is 10.1 Å². The van der Waals surface area contributed by atoms with Gasteiger partial charge in [0.1, 0.15) is 0 Å². The molecule has 116 valence electrons. The quantitative estimate of drug-likeness (QED) is 0.328. The Kier molecular flexibility index (Phi) is 11.0. The van der Waals surface area contributed by atoms with Crippen LogP contribution in [0.5, 0.6) is 0 Å². The van der Waals surface area contributed by atoms with E-state index in [-0.39, 0.29) is 19.3 Å². The SMILES string of the molecule is C=CCN.O=S(=O)(O)C(F)CCCCCC(F)(F)F. The summed E-state index contributed by atoms with van der Waals surface area (Å²) in [4.78, 5) is 0. The maximum Gasteiger partial charge on any atom is 0.389 e. The van der Waals surface area contributed by atoms with E-state index in [0.29, 0.717) is 6.54 Å². The first kappa shape index (κ1) is 20.6. The third kappa shape index (κ3) is 17.3. The van der Waals surface area contributed by atoms with Crippen molar-refractivity contribution in [1.29, 1.82) is 0 Å². The predicted octanol–water partition coefficient (Wildman–Crippen LogP) is 2.81. The summed E-state index contributed by atoms with van der Waals surface area (Å²) in [5, 5.41) is 0. The van der Waals surface area contributed by atoms with Crippen LogP contribution in [0.2, 0.25) is 0 Å². The zero-order valence-corrected chi connectivity index (χ0v) is 11.2. The highest BCUT2D eigenvalue weighted by Crippen LogP contribution is 2.23. The summed E-state index contributed by atoms with van der Waals surface area (Å²) >= 11 is 0. The van der Waals surface area contributed by atoms with Gasteiger partial charge in [-0.15, -0.1) is 6.58 Å². The van der Waals surface area contributed by atoms with Crippen LogP contribution in [0, 0.1) is 0 Å². The van der Waals surface area contributed by atoms with Crippen LogP contribution in [0.15, 0.2) is 12.7 Å². The summed E-state index contributed by atoms with van der Waals surface area (Å²) in [5.41, 5.74) is 2.51. The zero-order chi connectivity index (χ0) is 15.5. The van der Waals surface area contributed by atoms with Gasteiger partial charge in [0.2, 0.25) is 5.50 Å². The molecule has 0 heterocycles. The van der Waals surface area contributed by atoms with Crippen molar-refractivity contribution < 1.29 is 30.5 Å². The van der Waals surface area contributed by atoms with Gasteiger partial charge in [-0.05, 0) is 19.3 Å². The first-order valence-corrected chi connectivity index (χ1v) is 7.03. The summed E-state index contributed by atoms with van der Waals surface area (Å²) in [6, 6.07) is 0. The van der Waals surface area contributed by atoms with Crippen LogP contribution in [0.4, 0.5) is 17.6 Å². The first-order valence-electron chi connectivity index (χ1n) is 5.52.